The highest BCUT2D eigenvalue weighted by Gasteiger charge is 2.24. The van der Waals surface area contributed by atoms with Crippen LogP contribution in [0.25, 0.3) is 0 Å². The lowest BCUT2D eigenvalue weighted by Crippen LogP contribution is -2.41. The highest BCUT2D eigenvalue weighted by atomic mass is 35.5. The normalized spacial score (nSPS) is 17.6. The fraction of sp³-hybridized carbons (Fsp3) is 0.379. The first-order valence-electron chi connectivity index (χ1n) is 12.5. The van der Waals surface area contributed by atoms with Crippen molar-refractivity contribution in [2.45, 2.75) is 51.1 Å². The van der Waals surface area contributed by atoms with Gasteiger partial charge in [-0.2, -0.15) is 0 Å². The molecule has 0 aromatic heterocycles. The summed E-state index contributed by atoms with van der Waals surface area (Å²) in [7, 11) is 0. The average Bonchev–Trinajstić information content (AvgIpc) is 2.89. The number of ether oxygens (including phenoxy) is 2. The number of hydrogen-bond donors (Lipinski definition) is 2. The van der Waals surface area contributed by atoms with Crippen LogP contribution in [0.1, 0.15) is 43.4 Å². The molecule has 3 aromatic carbocycles. The second-order valence-electron chi connectivity index (χ2n) is 9.31. The lowest BCUT2D eigenvalue weighted by atomic mass is 10.0. The zero-order chi connectivity index (χ0) is 25.3. The first-order valence-corrected chi connectivity index (χ1v) is 13.2. The van der Waals surface area contributed by atoms with E-state index in [0.29, 0.717) is 23.2 Å². The number of hydrogen-bond acceptors (Lipinski definition) is 5. The smallest absolute Gasteiger partial charge is 0.157 e. The number of rotatable bonds is 11. The molecule has 3 aromatic rings. The summed E-state index contributed by atoms with van der Waals surface area (Å²) in [5, 5.41) is 14.6. The molecule has 1 fully saturated rings. The molecule has 1 aliphatic rings. The van der Waals surface area contributed by atoms with E-state index in [-0.39, 0.29) is 24.1 Å². The van der Waals surface area contributed by atoms with Gasteiger partial charge in [0.05, 0.1) is 23.4 Å². The van der Waals surface area contributed by atoms with Crippen molar-refractivity contribution >= 4 is 28.9 Å². The van der Waals surface area contributed by atoms with Crippen molar-refractivity contribution in [3.05, 3.63) is 94.0 Å². The first kappa shape index (κ1) is 26.8. The third-order valence-electron chi connectivity index (χ3n) is 6.48. The topological polar surface area (TPSA) is 54.0 Å². The third kappa shape index (κ3) is 7.86. The summed E-state index contributed by atoms with van der Waals surface area (Å²) in [6, 6.07) is 23.4. The first-order chi connectivity index (χ1) is 17.5. The van der Waals surface area contributed by atoms with E-state index < -0.39 is 0 Å². The molecule has 5 nitrogen and oxygen atoms in total. The van der Waals surface area contributed by atoms with Gasteiger partial charge >= 0.3 is 0 Å². The molecule has 36 heavy (non-hydrogen) atoms. The molecule has 0 aliphatic carbocycles. The maximum Gasteiger partial charge on any atom is 0.157 e. The van der Waals surface area contributed by atoms with E-state index in [1.807, 2.05) is 30.3 Å². The maximum absolute atomic E-state index is 9.81. The maximum atomic E-state index is 9.81. The number of phenolic OH excluding ortho intramolecular Hbond substituents is 1. The van der Waals surface area contributed by atoms with Crippen LogP contribution in [0.5, 0.6) is 5.75 Å². The van der Waals surface area contributed by atoms with Crippen LogP contribution in [0.2, 0.25) is 10.0 Å². The molecule has 1 unspecified atom stereocenters. The number of halogens is 2. The van der Waals surface area contributed by atoms with Crippen LogP contribution in [0.15, 0.2) is 72.8 Å². The van der Waals surface area contributed by atoms with Gasteiger partial charge in [-0.3, -0.25) is 4.90 Å². The molecule has 4 rings (SSSR count). The Kier molecular flexibility index (Phi) is 9.90. The van der Waals surface area contributed by atoms with Crippen molar-refractivity contribution in [1.82, 2.24) is 4.90 Å². The van der Waals surface area contributed by atoms with Gasteiger partial charge in [0.15, 0.2) is 6.29 Å². The molecular formula is C29H34Cl2N2O3. The van der Waals surface area contributed by atoms with E-state index in [4.69, 9.17) is 32.7 Å². The van der Waals surface area contributed by atoms with Crippen LogP contribution in [-0.4, -0.2) is 42.1 Å². The lowest BCUT2D eigenvalue weighted by molar-refractivity contribution is -0.170. The summed E-state index contributed by atoms with van der Waals surface area (Å²) in [6.45, 7) is 5.00. The van der Waals surface area contributed by atoms with Gasteiger partial charge in [0.2, 0.25) is 0 Å². The summed E-state index contributed by atoms with van der Waals surface area (Å²) in [6.07, 6.45) is 3.06. The highest BCUT2D eigenvalue weighted by Crippen LogP contribution is 2.31. The van der Waals surface area contributed by atoms with E-state index in [9.17, 15) is 5.11 Å². The third-order valence-corrected chi connectivity index (χ3v) is 7.05. The largest absolute Gasteiger partial charge is 0.508 e. The second kappa shape index (κ2) is 13.3. The Morgan fingerprint density at radius 1 is 1.06 bits per heavy atom. The van der Waals surface area contributed by atoms with Crippen molar-refractivity contribution < 1.29 is 14.6 Å². The Balaban J connectivity index is 1.56. The van der Waals surface area contributed by atoms with Crippen molar-refractivity contribution in [3.8, 4) is 5.75 Å². The molecule has 1 aliphatic heterocycles. The number of anilines is 1. The van der Waals surface area contributed by atoms with Crippen LogP contribution in [-0.2, 0) is 16.0 Å². The Bertz CT molecular complexity index is 1080. The second-order valence-corrected chi connectivity index (χ2v) is 10.1. The van der Waals surface area contributed by atoms with Gasteiger partial charge in [0.1, 0.15) is 5.75 Å². The van der Waals surface area contributed by atoms with Gasteiger partial charge < -0.3 is 19.9 Å². The van der Waals surface area contributed by atoms with Crippen molar-refractivity contribution in [1.29, 1.82) is 0 Å². The molecule has 1 heterocycles. The van der Waals surface area contributed by atoms with Gasteiger partial charge in [0.25, 0.3) is 0 Å². The van der Waals surface area contributed by atoms with Crippen molar-refractivity contribution in [2.24, 2.45) is 0 Å². The zero-order valence-corrected chi connectivity index (χ0v) is 22.1. The Hall–Kier alpha value is -2.28. The summed E-state index contributed by atoms with van der Waals surface area (Å²) in [4.78, 5) is 2.42. The summed E-state index contributed by atoms with van der Waals surface area (Å²) in [5.74, 6) is 0.134. The van der Waals surface area contributed by atoms with E-state index >= 15 is 0 Å². The van der Waals surface area contributed by atoms with Crippen LogP contribution < -0.4 is 5.32 Å². The standard InChI is InChI=1S/C29H34Cl2N2O3/c1-21(20-36-29-9-5-6-16-35-29)33(18-22-7-3-2-4-8-22)19-28(23-10-12-24(30)13-11-23)32-27-15-14-25(34)17-26(27)31/h2-4,7-8,10-15,17,21,28-29,32,34H,5-6,9,16,18-20H2,1H3/t21-,28+,29?/m1/s1. The van der Waals surface area contributed by atoms with Crippen LogP contribution >= 0.6 is 23.2 Å². The number of nitrogens with zero attached hydrogens (tertiary/aromatic N) is 1. The highest BCUT2D eigenvalue weighted by molar-refractivity contribution is 6.33. The fourth-order valence-corrected chi connectivity index (χ4v) is 4.74. The number of benzene rings is 3. The monoisotopic (exact) mass is 528 g/mol. The van der Waals surface area contributed by atoms with Gasteiger partial charge in [0, 0.05) is 36.8 Å². The van der Waals surface area contributed by atoms with E-state index in [1.165, 1.54) is 5.56 Å². The molecule has 2 N–H and O–H groups in total. The molecule has 7 heteroatoms. The van der Waals surface area contributed by atoms with Crippen LogP contribution in [0, 0.1) is 0 Å². The molecule has 0 spiro atoms. The zero-order valence-electron chi connectivity index (χ0n) is 20.6. The summed E-state index contributed by atoms with van der Waals surface area (Å²) >= 11 is 12.6. The molecule has 0 radical (unpaired) electrons. The Morgan fingerprint density at radius 3 is 2.53 bits per heavy atom. The minimum absolute atomic E-state index is 0.0820. The molecule has 3 atom stereocenters. The molecule has 0 saturated carbocycles. The van der Waals surface area contributed by atoms with Crippen molar-refractivity contribution in [3.63, 3.8) is 0 Å². The molecular weight excluding hydrogens is 495 g/mol. The number of aromatic hydroxyl groups is 1. The van der Waals surface area contributed by atoms with E-state index in [2.05, 4.69) is 41.4 Å². The fourth-order valence-electron chi connectivity index (χ4n) is 4.39. The quantitative estimate of drug-likeness (QED) is 0.256. The molecule has 0 amide bonds. The van der Waals surface area contributed by atoms with Crippen LogP contribution in [0.3, 0.4) is 0 Å². The Labute approximate surface area is 223 Å². The van der Waals surface area contributed by atoms with E-state index in [0.717, 1.165) is 43.7 Å². The van der Waals surface area contributed by atoms with Crippen LogP contribution in [0.4, 0.5) is 5.69 Å². The minimum atomic E-state index is -0.124. The van der Waals surface area contributed by atoms with Gasteiger partial charge in [-0.1, -0.05) is 65.7 Å². The van der Waals surface area contributed by atoms with Crippen molar-refractivity contribution in [2.75, 3.05) is 25.1 Å². The Morgan fingerprint density at radius 2 is 1.83 bits per heavy atom. The van der Waals surface area contributed by atoms with Gasteiger partial charge in [-0.05, 0) is 61.6 Å². The number of nitrogens with one attached hydrogen (secondary N) is 1. The predicted molar refractivity (Wildman–Crippen MR) is 147 cm³/mol. The van der Waals surface area contributed by atoms with E-state index in [1.54, 1.807) is 18.2 Å². The minimum Gasteiger partial charge on any atom is -0.508 e. The summed E-state index contributed by atoms with van der Waals surface area (Å²) < 4.78 is 12.0. The SMILES string of the molecule is C[C@H](COC1CCCCO1)N(Cc1ccccc1)C[C@H](Nc1ccc(O)cc1Cl)c1ccc(Cl)cc1. The van der Waals surface area contributed by atoms with Gasteiger partial charge in [-0.15, -0.1) is 0 Å². The molecule has 192 valence electrons. The summed E-state index contributed by atoms with van der Waals surface area (Å²) in [5.41, 5.74) is 3.08. The lowest BCUT2D eigenvalue weighted by Gasteiger charge is -2.34. The predicted octanol–water partition coefficient (Wildman–Crippen LogP) is 7.29. The molecule has 1 saturated heterocycles. The molecule has 0 bridgehead atoms. The van der Waals surface area contributed by atoms with Gasteiger partial charge in [-0.25, -0.2) is 0 Å². The number of phenols is 1. The average molecular weight is 530 g/mol.